The molecule has 0 radical (unpaired) electrons. The van der Waals surface area contributed by atoms with E-state index in [1.54, 1.807) is 0 Å². The van der Waals surface area contributed by atoms with Crippen LogP contribution in [0.4, 0.5) is 39.5 Å². The van der Waals surface area contributed by atoms with Gasteiger partial charge < -0.3 is 11.1 Å². The highest BCUT2D eigenvalue weighted by Gasteiger charge is 2.26. The third-order valence-electron chi connectivity index (χ3n) is 2.04. The van der Waals surface area contributed by atoms with Crippen molar-refractivity contribution >= 4 is 17.6 Å². The zero-order valence-corrected chi connectivity index (χ0v) is 8.89. The highest BCUT2D eigenvalue weighted by molar-refractivity contribution is 5.56. The lowest BCUT2D eigenvalue weighted by molar-refractivity contribution is 0.382. The van der Waals surface area contributed by atoms with Crippen LogP contribution >= 0.6 is 0 Å². The molecule has 0 amide bonds. The first-order valence-electron chi connectivity index (χ1n) is 4.64. The molecule has 2 aromatic rings. The molecule has 0 unspecified atom stereocenters. The van der Waals surface area contributed by atoms with E-state index >= 15 is 0 Å². The van der Waals surface area contributed by atoms with E-state index in [1.807, 2.05) is 5.32 Å². The lowest BCUT2D eigenvalue weighted by Crippen LogP contribution is -2.09. The van der Waals surface area contributed by atoms with E-state index < -0.39 is 40.7 Å². The molecule has 0 aliphatic carbocycles. The Labute approximate surface area is 102 Å². The summed E-state index contributed by atoms with van der Waals surface area (Å²) in [6.07, 6.45) is 0.900. The Balaban J connectivity index is 2.52. The normalized spacial score (nSPS) is 10.6. The number of nitrogen functional groups attached to an aromatic ring is 1. The minimum absolute atomic E-state index is 0.290. The molecule has 2 rings (SSSR count). The molecule has 0 saturated heterocycles. The zero-order valence-electron chi connectivity index (χ0n) is 8.89. The van der Waals surface area contributed by atoms with Crippen molar-refractivity contribution in [2.75, 3.05) is 11.1 Å². The summed E-state index contributed by atoms with van der Waals surface area (Å²) in [4.78, 5) is 10.2. The van der Waals surface area contributed by atoms with Gasteiger partial charge >= 0.3 is 0 Å². The summed E-state index contributed by atoms with van der Waals surface area (Å²) in [5.74, 6) is -11.2. The molecule has 0 atom stereocenters. The first-order valence-corrected chi connectivity index (χ1v) is 4.64. The Bertz CT molecular complexity index is 618. The molecular formula is C9H4F5N5. The second-order valence-electron chi connectivity index (χ2n) is 3.24. The predicted octanol–water partition coefficient (Wildman–Crippen LogP) is 1.89. The van der Waals surface area contributed by atoms with Crippen molar-refractivity contribution in [3.8, 4) is 0 Å². The number of hydrogen-bond donors (Lipinski definition) is 2. The van der Waals surface area contributed by atoms with Gasteiger partial charge in [-0.05, 0) is 0 Å². The second-order valence-corrected chi connectivity index (χ2v) is 3.24. The van der Waals surface area contributed by atoms with E-state index in [0.29, 0.717) is 0 Å². The summed E-state index contributed by atoms with van der Waals surface area (Å²) in [6.45, 7) is 0. The number of aromatic nitrogens is 3. The molecule has 1 aromatic heterocycles. The molecule has 1 aromatic carbocycles. The van der Waals surface area contributed by atoms with Crippen molar-refractivity contribution in [3.63, 3.8) is 0 Å². The fourth-order valence-electron chi connectivity index (χ4n) is 1.20. The molecule has 100 valence electrons. The van der Waals surface area contributed by atoms with Gasteiger partial charge in [-0.3, -0.25) is 0 Å². The SMILES string of the molecule is Nc1ncnc(Nc2c(F)c(F)c(F)c(F)c2F)n1. The van der Waals surface area contributed by atoms with Crippen LogP contribution in [-0.4, -0.2) is 15.0 Å². The van der Waals surface area contributed by atoms with Crippen molar-refractivity contribution in [2.24, 2.45) is 0 Å². The molecule has 0 aliphatic heterocycles. The number of nitrogens with one attached hydrogen (secondary N) is 1. The lowest BCUT2D eigenvalue weighted by atomic mass is 10.2. The molecule has 0 bridgehead atoms. The molecule has 1 heterocycles. The molecule has 19 heavy (non-hydrogen) atoms. The number of anilines is 3. The van der Waals surface area contributed by atoms with E-state index in [2.05, 4.69) is 15.0 Å². The van der Waals surface area contributed by atoms with Crippen LogP contribution in [0, 0.1) is 29.1 Å². The number of rotatable bonds is 2. The Hall–Kier alpha value is -2.52. The van der Waals surface area contributed by atoms with Gasteiger partial charge in [0, 0.05) is 0 Å². The largest absolute Gasteiger partial charge is 0.368 e. The highest BCUT2D eigenvalue weighted by atomic mass is 19.2. The Morgan fingerprint density at radius 3 is 1.89 bits per heavy atom. The van der Waals surface area contributed by atoms with E-state index in [1.165, 1.54) is 0 Å². The molecule has 10 heteroatoms. The van der Waals surface area contributed by atoms with Gasteiger partial charge in [0.1, 0.15) is 12.0 Å². The van der Waals surface area contributed by atoms with Gasteiger partial charge in [0.25, 0.3) is 0 Å². The average Bonchev–Trinajstić information content (AvgIpc) is 2.39. The van der Waals surface area contributed by atoms with Gasteiger partial charge in [0.2, 0.25) is 17.7 Å². The maximum atomic E-state index is 13.3. The molecule has 0 aliphatic rings. The number of halogens is 5. The van der Waals surface area contributed by atoms with Crippen molar-refractivity contribution in [3.05, 3.63) is 35.4 Å². The molecule has 5 nitrogen and oxygen atoms in total. The summed E-state index contributed by atoms with van der Waals surface area (Å²) >= 11 is 0. The highest BCUT2D eigenvalue weighted by Crippen LogP contribution is 2.28. The van der Waals surface area contributed by atoms with Crippen LogP contribution in [0.25, 0.3) is 0 Å². The van der Waals surface area contributed by atoms with Gasteiger partial charge in [-0.25, -0.2) is 31.9 Å². The quantitative estimate of drug-likeness (QED) is 0.498. The first-order chi connectivity index (χ1) is 8.91. The number of benzene rings is 1. The van der Waals surface area contributed by atoms with E-state index in [0.717, 1.165) is 6.33 Å². The van der Waals surface area contributed by atoms with Crippen LogP contribution < -0.4 is 11.1 Å². The summed E-state index contributed by atoms with van der Waals surface area (Å²) in [7, 11) is 0. The van der Waals surface area contributed by atoms with Crippen LogP contribution in [0.2, 0.25) is 0 Å². The Morgan fingerprint density at radius 1 is 0.842 bits per heavy atom. The average molecular weight is 277 g/mol. The van der Waals surface area contributed by atoms with Gasteiger partial charge in [0.15, 0.2) is 23.3 Å². The predicted molar refractivity (Wildman–Crippen MR) is 53.8 cm³/mol. The van der Waals surface area contributed by atoms with Crippen molar-refractivity contribution in [2.45, 2.75) is 0 Å². The molecule has 0 fully saturated rings. The van der Waals surface area contributed by atoms with Crippen LogP contribution in [0.5, 0.6) is 0 Å². The minimum Gasteiger partial charge on any atom is -0.368 e. The van der Waals surface area contributed by atoms with Gasteiger partial charge in [-0.15, -0.1) is 0 Å². The Morgan fingerprint density at radius 2 is 1.37 bits per heavy atom. The maximum Gasteiger partial charge on any atom is 0.232 e. The number of nitrogens with two attached hydrogens (primary N) is 1. The minimum atomic E-state index is -2.25. The van der Waals surface area contributed by atoms with Gasteiger partial charge in [0.05, 0.1) is 0 Å². The molecular weight excluding hydrogens is 273 g/mol. The third-order valence-corrected chi connectivity index (χ3v) is 2.04. The van der Waals surface area contributed by atoms with Crippen molar-refractivity contribution in [1.82, 2.24) is 15.0 Å². The van der Waals surface area contributed by atoms with E-state index in [-0.39, 0.29) is 5.95 Å². The Kier molecular flexibility index (Phi) is 3.15. The van der Waals surface area contributed by atoms with Crippen LogP contribution in [0.1, 0.15) is 0 Å². The second kappa shape index (κ2) is 4.63. The number of nitrogens with zero attached hydrogens (tertiary/aromatic N) is 3. The molecule has 0 spiro atoms. The van der Waals surface area contributed by atoms with Crippen LogP contribution in [-0.2, 0) is 0 Å². The lowest BCUT2D eigenvalue weighted by Gasteiger charge is -2.09. The topological polar surface area (TPSA) is 76.7 Å². The monoisotopic (exact) mass is 277 g/mol. The molecule has 0 saturated carbocycles. The molecule has 3 N–H and O–H groups in total. The number of hydrogen-bond acceptors (Lipinski definition) is 5. The maximum absolute atomic E-state index is 13.3. The van der Waals surface area contributed by atoms with E-state index in [4.69, 9.17) is 5.73 Å². The smallest absolute Gasteiger partial charge is 0.232 e. The van der Waals surface area contributed by atoms with Crippen molar-refractivity contribution < 1.29 is 22.0 Å². The fraction of sp³-hybridized carbons (Fsp3) is 0. The summed E-state index contributed by atoms with van der Waals surface area (Å²) in [5.41, 5.74) is 3.90. The van der Waals surface area contributed by atoms with E-state index in [9.17, 15) is 22.0 Å². The van der Waals surface area contributed by atoms with Crippen LogP contribution in [0.15, 0.2) is 6.33 Å². The van der Waals surface area contributed by atoms with Gasteiger partial charge in [-0.1, -0.05) is 0 Å². The standard InChI is InChI=1S/C9H4F5N5/c10-2-3(11)5(13)7(6(14)4(2)12)18-9-17-1-16-8(15)19-9/h1H,(H3,15,16,17,18,19). The summed E-state index contributed by atoms with van der Waals surface area (Å²) in [5, 5.41) is 1.85. The van der Waals surface area contributed by atoms with Crippen molar-refractivity contribution in [1.29, 1.82) is 0 Å². The summed E-state index contributed by atoms with van der Waals surface area (Å²) < 4.78 is 65.2. The third kappa shape index (κ3) is 2.23. The van der Waals surface area contributed by atoms with Gasteiger partial charge in [-0.2, -0.15) is 4.98 Å². The summed E-state index contributed by atoms with van der Waals surface area (Å²) in [6, 6.07) is 0. The first kappa shape index (κ1) is 12.9. The fourth-order valence-corrected chi connectivity index (χ4v) is 1.20. The van der Waals surface area contributed by atoms with Crippen LogP contribution in [0.3, 0.4) is 0 Å². The zero-order chi connectivity index (χ0) is 14.2.